The van der Waals surface area contributed by atoms with Gasteiger partial charge in [-0.1, -0.05) is 13.3 Å². The van der Waals surface area contributed by atoms with Gasteiger partial charge in [0.2, 0.25) is 12.5 Å². The molecule has 2 rings (SSSR count). The number of hydrogen-bond donors (Lipinski definition) is 1. The summed E-state index contributed by atoms with van der Waals surface area (Å²) >= 11 is 0. The summed E-state index contributed by atoms with van der Waals surface area (Å²) in [6, 6.07) is 3.88. The second kappa shape index (κ2) is 5.98. The molecule has 2 N–H and O–H groups in total. The molecule has 1 heterocycles. The van der Waals surface area contributed by atoms with Crippen LogP contribution in [0.1, 0.15) is 31.4 Å². The summed E-state index contributed by atoms with van der Waals surface area (Å²) in [6.07, 6.45) is 2.00. The van der Waals surface area contributed by atoms with Crippen LogP contribution in [0.25, 0.3) is 0 Å². The maximum atomic E-state index is 6.07. The molecule has 1 aromatic carbocycles. The van der Waals surface area contributed by atoms with Crippen LogP contribution in [0.15, 0.2) is 12.1 Å². The Morgan fingerprint density at radius 3 is 2.82 bits per heavy atom. The monoisotopic (exact) mass is 259 g/mol. The Balaban J connectivity index is 0.00000144. The van der Waals surface area contributed by atoms with Crippen LogP contribution in [-0.2, 0) is 0 Å². The molecule has 1 aliphatic heterocycles. The van der Waals surface area contributed by atoms with Crippen molar-refractivity contribution in [2.45, 2.75) is 25.8 Å². The van der Waals surface area contributed by atoms with Crippen molar-refractivity contribution in [2.24, 2.45) is 5.73 Å². The molecule has 0 radical (unpaired) electrons. The Labute approximate surface area is 107 Å². The third-order valence-corrected chi connectivity index (χ3v) is 2.71. The van der Waals surface area contributed by atoms with E-state index in [0.29, 0.717) is 11.5 Å². The van der Waals surface area contributed by atoms with Gasteiger partial charge in [0.05, 0.1) is 7.11 Å². The first-order chi connectivity index (χ1) is 7.76. The summed E-state index contributed by atoms with van der Waals surface area (Å²) in [5, 5.41) is 0. The Morgan fingerprint density at radius 2 is 2.18 bits per heavy atom. The Hall–Kier alpha value is -1.13. The van der Waals surface area contributed by atoms with Gasteiger partial charge in [-0.3, -0.25) is 0 Å². The molecule has 0 saturated carbocycles. The Kier molecular flexibility index (Phi) is 4.90. The van der Waals surface area contributed by atoms with Gasteiger partial charge in [-0.05, 0) is 24.1 Å². The predicted octanol–water partition coefficient (Wildman–Crippen LogP) is 2.65. The molecular formula is C12H18ClNO3. The second-order valence-corrected chi connectivity index (χ2v) is 3.85. The number of benzene rings is 1. The lowest BCUT2D eigenvalue weighted by atomic mass is 10.0. The quantitative estimate of drug-likeness (QED) is 0.903. The van der Waals surface area contributed by atoms with E-state index < -0.39 is 0 Å². The number of hydrogen-bond acceptors (Lipinski definition) is 4. The van der Waals surface area contributed by atoms with Crippen molar-refractivity contribution < 1.29 is 14.2 Å². The van der Waals surface area contributed by atoms with Crippen molar-refractivity contribution in [2.75, 3.05) is 13.9 Å². The molecule has 1 aliphatic rings. The number of methoxy groups -OCH3 is 1. The van der Waals surface area contributed by atoms with Crippen LogP contribution in [0.3, 0.4) is 0 Å². The molecule has 0 fully saturated rings. The highest BCUT2D eigenvalue weighted by atomic mass is 35.5. The molecule has 0 aliphatic carbocycles. The van der Waals surface area contributed by atoms with E-state index in [0.717, 1.165) is 24.2 Å². The van der Waals surface area contributed by atoms with E-state index in [1.54, 1.807) is 7.11 Å². The minimum absolute atomic E-state index is 0. The van der Waals surface area contributed by atoms with Crippen molar-refractivity contribution in [3.8, 4) is 17.2 Å². The summed E-state index contributed by atoms with van der Waals surface area (Å²) in [4.78, 5) is 0. The zero-order valence-corrected chi connectivity index (χ0v) is 10.9. The highest BCUT2D eigenvalue weighted by molar-refractivity contribution is 5.85. The summed E-state index contributed by atoms with van der Waals surface area (Å²) < 4.78 is 15.9. The molecule has 96 valence electrons. The van der Waals surface area contributed by atoms with Crippen molar-refractivity contribution in [3.63, 3.8) is 0 Å². The van der Waals surface area contributed by atoms with E-state index in [1.807, 2.05) is 12.1 Å². The van der Waals surface area contributed by atoms with Crippen molar-refractivity contribution in [3.05, 3.63) is 17.7 Å². The second-order valence-electron chi connectivity index (χ2n) is 3.85. The number of rotatable bonds is 4. The fourth-order valence-corrected chi connectivity index (χ4v) is 1.84. The lowest BCUT2D eigenvalue weighted by Gasteiger charge is -2.13. The fourth-order valence-electron chi connectivity index (χ4n) is 1.84. The van der Waals surface area contributed by atoms with Crippen molar-refractivity contribution >= 4 is 12.4 Å². The topological polar surface area (TPSA) is 53.7 Å². The normalized spacial score (nSPS) is 14.1. The minimum atomic E-state index is 0. The number of nitrogens with two attached hydrogens (primary N) is 1. The van der Waals surface area contributed by atoms with Gasteiger partial charge in [0, 0.05) is 6.04 Å². The average molecular weight is 260 g/mol. The van der Waals surface area contributed by atoms with Gasteiger partial charge in [-0.15, -0.1) is 12.4 Å². The lowest BCUT2D eigenvalue weighted by Crippen LogP contribution is -2.09. The maximum Gasteiger partial charge on any atom is 0.231 e. The first kappa shape index (κ1) is 13.9. The van der Waals surface area contributed by atoms with Gasteiger partial charge in [-0.2, -0.15) is 0 Å². The predicted molar refractivity (Wildman–Crippen MR) is 68.2 cm³/mol. The van der Waals surface area contributed by atoms with Crippen LogP contribution in [0.5, 0.6) is 17.2 Å². The Bertz CT molecular complexity index is 384. The average Bonchev–Trinajstić information content (AvgIpc) is 2.75. The molecule has 4 nitrogen and oxygen atoms in total. The SMILES string of the molecule is CCC[C@H](N)c1cc(OC)c2c(c1)OCO2.Cl. The van der Waals surface area contributed by atoms with E-state index in [9.17, 15) is 0 Å². The Morgan fingerprint density at radius 1 is 1.41 bits per heavy atom. The lowest BCUT2D eigenvalue weighted by molar-refractivity contribution is 0.171. The van der Waals surface area contributed by atoms with E-state index >= 15 is 0 Å². The van der Waals surface area contributed by atoms with Crippen LogP contribution in [0.4, 0.5) is 0 Å². The van der Waals surface area contributed by atoms with E-state index in [4.69, 9.17) is 19.9 Å². The third kappa shape index (κ3) is 2.76. The van der Waals surface area contributed by atoms with Crippen LogP contribution in [0, 0.1) is 0 Å². The summed E-state index contributed by atoms with van der Waals surface area (Å²) in [5.74, 6) is 2.09. The fraction of sp³-hybridized carbons (Fsp3) is 0.500. The van der Waals surface area contributed by atoms with Gasteiger partial charge in [0.25, 0.3) is 0 Å². The van der Waals surface area contributed by atoms with E-state index in [1.165, 1.54) is 0 Å². The summed E-state index contributed by atoms with van der Waals surface area (Å²) in [5.41, 5.74) is 7.10. The van der Waals surface area contributed by atoms with Crippen molar-refractivity contribution in [1.82, 2.24) is 0 Å². The van der Waals surface area contributed by atoms with Gasteiger partial charge in [0.1, 0.15) is 0 Å². The summed E-state index contributed by atoms with van der Waals surface area (Å²) in [6.45, 7) is 2.36. The maximum absolute atomic E-state index is 6.07. The van der Waals surface area contributed by atoms with Gasteiger partial charge in [0.15, 0.2) is 11.5 Å². The number of halogens is 1. The molecule has 1 atom stereocenters. The highest BCUT2D eigenvalue weighted by Crippen LogP contribution is 2.43. The molecule has 1 aromatic rings. The molecule has 0 aromatic heterocycles. The number of ether oxygens (including phenoxy) is 3. The standard InChI is InChI=1S/C12H17NO3.ClH/c1-3-4-9(13)8-5-10(14-2)12-11(6-8)15-7-16-12;/h5-6,9H,3-4,7,13H2,1-2H3;1H/t9-;/m0./s1. The van der Waals surface area contributed by atoms with Crippen LogP contribution < -0.4 is 19.9 Å². The first-order valence-electron chi connectivity index (χ1n) is 5.49. The van der Waals surface area contributed by atoms with Crippen LogP contribution in [-0.4, -0.2) is 13.9 Å². The molecule has 0 saturated heterocycles. The molecule has 17 heavy (non-hydrogen) atoms. The smallest absolute Gasteiger partial charge is 0.231 e. The zero-order valence-electron chi connectivity index (χ0n) is 10.1. The summed E-state index contributed by atoms with van der Waals surface area (Å²) in [7, 11) is 1.62. The van der Waals surface area contributed by atoms with Gasteiger partial charge >= 0.3 is 0 Å². The third-order valence-electron chi connectivity index (χ3n) is 2.71. The van der Waals surface area contributed by atoms with Crippen LogP contribution >= 0.6 is 12.4 Å². The molecule has 0 spiro atoms. The van der Waals surface area contributed by atoms with Gasteiger partial charge in [-0.25, -0.2) is 0 Å². The largest absolute Gasteiger partial charge is 0.493 e. The van der Waals surface area contributed by atoms with Crippen LogP contribution in [0.2, 0.25) is 0 Å². The number of fused-ring (bicyclic) bond motifs is 1. The molecule has 0 amide bonds. The molecule has 0 bridgehead atoms. The molecular weight excluding hydrogens is 242 g/mol. The van der Waals surface area contributed by atoms with Crippen molar-refractivity contribution in [1.29, 1.82) is 0 Å². The highest BCUT2D eigenvalue weighted by Gasteiger charge is 2.21. The minimum Gasteiger partial charge on any atom is -0.493 e. The van der Waals surface area contributed by atoms with E-state index in [-0.39, 0.29) is 25.2 Å². The van der Waals surface area contributed by atoms with E-state index in [2.05, 4.69) is 6.92 Å². The first-order valence-corrected chi connectivity index (χ1v) is 5.49. The molecule has 5 heteroatoms. The van der Waals surface area contributed by atoms with Gasteiger partial charge < -0.3 is 19.9 Å². The molecule has 0 unspecified atom stereocenters. The zero-order chi connectivity index (χ0) is 11.5.